The van der Waals surface area contributed by atoms with Gasteiger partial charge in [0.1, 0.15) is 5.82 Å². The van der Waals surface area contributed by atoms with E-state index in [9.17, 15) is 18.0 Å². The molecule has 5 rings (SSSR count). The number of amides is 1. The zero-order chi connectivity index (χ0) is 25.3. The molecule has 2 aromatic carbocycles. The molecule has 36 heavy (non-hydrogen) atoms. The maximum absolute atomic E-state index is 13.9. The standard InChI is InChI=1S/C27H28F3IN4O/c28-27(29,30)19-7-5-18(6-8-19)16-32-25-15-23(22-14-20(31)9-10-24(22)33-25)26(36)35-13-3-4-21(35)17-34-11-1-2-12-34/h5-10,14-15,21H,1-4,11-13,16-17H2,(H,32,33)/t21-/m0/s1. The van der Waals surface area contributed by atoms with Gasteiger partial charge >= 0.3 is 6.18 Å². The number of rotatable bonds is 6. The van der Waals surface area contributed by atoms with Crippen molar-refractivity contribution in [1.29, 1.82) is 0 Å². The third kappa shape index (κ3) is 5.61. The Kier molecular flexibility index (Phi) is 7.39. The zero-order valence-corrected chi connectivity index (χ0v) is 22.0. The number of hydrogen-bond donors (Lipinski definition) is 1. The summed E-state index contributed by atoms with van der Waals surface area (Å²) in [6.07, 6.45) is 0.108. The van der Waals surface area contributed by atoms with Gasteiger partial charge in [-0.25, -0.2) is 4.98 Å². The summed E-state index contributed by atoms with van der Waals surface area (Å²) < 4.78 is 39.6. The van der Waals surface area contributed by atoms with E-state index in [0.29, 0.717) is 29.0 Å². The van der Waals surface area contributed by atoms with Gasteiger partial charge in [0.05, 0.1) is 16.6 Å². The molecule has 5 nitrogen and oxygen atoms in total. The third-order valence-electron chi connectivity index (χ3n) is 7.06. The Bertz CT molecular complexity index is 1240. The van der Waals surface area contributed by atoms with Gasteiger partial charge in [-0.1, -0.05) is 12.1 Å². The second kappa shape index (κ2) is 10.5. The van der Waals surface area contributed by atoms with E-state index in [0.717, 1.165) is 60.1 Å². The highest BCUT2D eigenvalue weighted by atomic mass is 127. The molecule has 1 atom stereocenters. The summed E-state index contributed by atoms with van der Waals surface area (Å²) in [6.45, 7) is 4.18. The topological polar surface area (TPSA) is 48.5 Å². The number of halogens is 4. The Labute approximate surface area is 222 Å². The summed E-state index contributed by atoms with van der Waals surface area (Å²) in [4.78, 5) is 23.0. The van der Waals surface area contributed by atoms with Crippen LogP contribution >= 0.6 is 22.6 Å². The van der Waals surface area contributed by atoms with Crippen molar-refractivity contribution in [3.8, 4) is 0 Å². The van der Waals surface area contributed by atoms with Crippen LogP contribution in [0.3, 0.4) is 0 Å². The number of fused-ring (bicyclic) bond motifs is 1. The van der Waals surface area contributed by atoms with Crippen LogP contribution in [0.4, 0.5) is 19.0 Å². The summed E-state index contributed by atoms with van der Waals surface area (Å²) in [7, 11) is 0. The fraction of sp³-hybridized carbons (Fsp3) is 0.407. The minimum atomic E-state index is -4.36. The van der Waals surface area contributed by atoms with Gasteiger partial charge in [0.2, 0.25) is 0 Å². The number of nitrogens with one attached hydrogen (secondary N) is 1. The van der Waals surface area contributed by atoms with Crippen molar-refractivity contribution >= 4 is 45.2 Å². The van der Waals surface area contributed by atoms with Crippen LogP contribution in [-0.4, -0.2) is 52.9 Å². The molecule has 2 fully saturated rings. The van der Waals surface area contributed by atoms with Gasteiger partial charge in [0, 0.05) is 34.6 Å². The van der Waals surface area contributed by atoms with Crippen LogP contribution in [-0.2, 0) is 12.7 Å². The average Bonchev–Trinajstić information content (AvgIpc) is 3.54. The van der Waals surface area contributed by atoms with E-state index in [1.807, 2.05) is 23.1 Å². The number of aromatic nitrogens is 1. The number of anilines is 1. The monoisotopic (exact) mass is 608 g/mol. The second-order valence-electron chi connectivity index (χ2n) is 9.57. The predicted molar refractivity (Wildman–Crippen MR) is 143 cm³/mol. The first-order valence-electron chi connectivity index (χ1n) is 12.3. The molecule has 0 unspecified atom stereocenters. The van der Waals surface area contributed by atoms with Crippen molar-refractivity contribution in [2.45, 2.75) is 44.4 Å². The Hall–Kier alpha value is -2.40. The first kappa shape index (κ1) is 25.3. The first-order valence-corrected chi connectivity index (χ1v) is 13.4. The lowest BCUT2D eigenvalue weighted by Gasteiger charge is -2.29. The van der Waals surface area contributed by atoms with Crippen molar-refractivity contribution in [3.05, 3.63) is 68.8 Å². The Morgan fingerprint density at radius 1 is 1.03 bits per heavy atom. The average molecular weight is 608 g/mol. The molecule has 3 aromatic rings. The lowest BCUT2D eigenvalue weighted by Crippen LogP contribution is -2.42. The van der Waals surface area contributed by atoms with Gasteiger partial charge in [0.25, 0.3) is 5.91 Å². The molecule has 0 bridgehead atoms. The second-order valence-corrected chi connectivity index (χ2v) is 10.8. The Balaban J connectivity index is 1.39. The molecule has 2 aliphatic heterocycles. The molecule has 2 saturated heterocycles. The molecule has 0 spiro atoms. The Morgan fingerprint density at radius 3 is 2.50 bits per heavy atom. The van der Waals surface area contributed by atoms with Crippen LogP contribution < -0.4 is 5.32 Å². The van der Waals surface area contributed by atoms with Crippen molar-refractivity contribution < 1.29 is 18.0 Å². The van der Waals surface area contributed by atoms with Crippen molar-refractivity contribution in [2.24, 2.45) is 0 Å². The van der Waals surface area contributed by atoms with E-state index in [-0.39, 0.29) is 11.9 Å². The summed E-state index contributed by atoms with van der Waals surface area (Å²) in [6, 6.07) is 12.9. The van der Waals surface area contributed by atoms with Gasteiger partial charge in [-0.15, -0.1) is 0 Å². The van der Waals surface area contributed by atoms with Gasteiger partial charge in [0.15, 0.2) is 0 Å². The van der Waals surface area contributed by atoms with E-state index < -0.39 is 11.7 Å². The van der Waals surface area contributed by atoms with Crippen molar-refractivity contribution in [3.63, 3.8) is 0 Å². The molecule has 2 aliphatic rings. The molecule has 1 amide bonds. The molecule has 3 heterocycles. The third-order valence-corrected chi connectivity index (χ3v) is 7.73. The van der Waals surface area contributed by atoms with E-state index >= 15 is 0 Å². The van der Waals surface area contributed by atoms with Crippen molar-refractivity contribution in [1.82, 2.24) is 14.8 Å². The minimum absolute atomic E-state index is 0.0173. The summed E-state index contributed by atoms with van der Waals surface area (Å²) in [5.41, 5.74) is 1.35. The van der Waals surface area contributed by atoms with Crippen molar-refractivity contribution in [2.75, 3.05) is 31.5 Å². The molecule has 0 aliphatic carbocycles. The Morgan fingerprint density at radius 2 is 1.78 bits per heavy atom. The van der Waals surface area contributed by atoms with E-state index in [1.165, 1.54) is 25.0 Å². The smallest absolute Gasteiger partial charge is 0.366 e. The number of alkyl halides is 3. The fourth-order valence-corrected chi connectivity index (χ4v) is 5.67. The lowest BCUT2D eigenvalue weighted by atomic mass is 10.1. The van der Waals surface area contributed by atoms with Gasteiger partial charge in [-0.3, -0.25) is 4.79 Å². The number of likely N-dealkylation sites (tertiary alicyclic amines) is 2. The molecular formula is C27H28F3IN4O. The van der Waals surface area contributed by atoms with Gasteiger partial charge < -0.3 is 15.1 Å². The van der Waals surface area contributed by atoms with Crippen LogP contribution in [0.5, 0.6) is 0 Å². The molecular weight excluding hydrogens is 580 g/mol. The minimum Gasteiger partial charge on any atom is -0.366 e. The summed E-state index contributed by atoms with van der Waals surface area (Å²) in [5.74, 6) is 0.547. The normalized spacial score (nSPS) is 18.8. The number of carbonyl (C=O) groups excluding carboxylic acids is 1. The van der Waals surface area contributed by atoms with Gasteiger partial charge in [-0.2, -0.15) is 13.2 Å². The van der Waals surface area contributed by atoms with Crippen LogP contribution in [0.1, 0.15) is 47.2 Å². The number of carbonyl (C=O) groups is 1. The van der Waals surface area contributed by atoms with E-state index in [1.54, 1.807) is 6.07 Å². The molecule has 0 radical (unpaired) electrons. The summed E-state index contributed by atoms with van der Waals surface area (Å²) >= 11 is 2.24. The van der Waals surface area contributed by atoms with Gasteiger partial charge in [-0.05, 0) is 103 Å². The molecule has 1 N–H and O–H groups in total. The molecule has 1 aromatic heterocycles. The highest BCUT2D eigenvalue weighted by Gasteiger charge is 2.32. The molecule has 0 saturated carbocycles. The number of nitrogens with zero attached hydrogens (tertiary/aromatic N) is 3. The maximum atomic E-state index is 13.9. The zero-order valence-electron chi connectivity index (χ0n) is 19.8. The maximum Gasteiger partial charge on any atom is 0.416 e. The van der Waals surface area contributed by atoms with Crippen LogP contribution in [0, 0.1) is 3.57 Å². The van der Waals surface area contributed by atoms with Crippen LogP contribution in [0.15, 0.2) is 48.5 Å². The van der Waals surface area contributed by atoms with E-state index in [4.69, 9.17) is 0 Å². The highest BCUT2D eigenvalue weighted by Crippen LogP contribution is 2.30. The largest absolute Gasteiger partial charge is 0.416 e. The quantitative estimate of drug-likeness (QED) is 0.340. The fourth-order valence-electron chi connectivity index (χ4n) is 5.18. The molecule has 9 heteroatoms. The predicted octanol–water partition coefficient (Wildman–Crippen LogP) is 6.17. The first-order chi connectivity index (χ1) is 17.3. The number of hydrogen-bond acceptors (Lipinski definition) is 4. The SMILES string of the molecule is O=C(c1cc(NCc2ccc(C(F)(F)F)cc2)nc2ccc(I)cc12)N1CCC[C@H]1CN1CCCC1. The molecule has 190 valence electrons. The van der Waals surface area contributed by atoms with E-state index in [2.05, 4.69) is 37.8 Å². The number of pyridine rings is 1. The highest BCUT2D eigenvalue weighted by molar-refractivity contribution is 14.1. The van der Waals surface area contributed by atoms with Crippen LogP contribution in [0.2, 0.25) is 0 Å². The lowest BCUT2D eigenvalue weighted by molar-refractivity contribution is -0.137. The van der Waals surface area contributed by atoms with Crippen LogP contribution in [0.25, 0.3) is 10.9 Å². The summed E-state index contributed by atoms with van der Waals surface area (Å²) in [5, 5.41) is 4.03. The number of benzene rings is 2.